The van der Waals surface area contributed by atoms with E-state index in [9.17, 15) is 18.7 Å². The fourth-order valence-corrected chi connectivity index (χ4v) is 1.13. The van der Waals surface area contributed by atoms with Crippen LogP contribution >= 0.6 is 0 Å². The maximum Gasteiger partial charge on any atom is 0.163 e. The first kappa shape index (κ1) is 10.6. The molecule has 76 valence electrons. The number of benzene rings is 1. The molecule has 5 heteroatoms. The van der Waals surface area contributed by atoms with Crippen LogP contribution in [-0.2, 0) is 10.3 Å². The van der Waals surface area contributed by atoms with Gasteiger partial charge in [0.05, 0.1) is 5.56 Å². The molecule has 0 aliphatic carbocycles. The summed E-state index contributed by atoms with van der Waals surface area (Å²) in [6.07, 6.45) is 0. The zero-order valence-corrected chi connectivity index (χ0v) is 7.51. The third kappa shape index (κ3) is 1.58. The summed E-state index contributed by atoms with van der Waals surface area (Å²) in [6.45, 7) is 1.09. The van der Waals surface area contributed by atoms with Crippen molar-refractivity contribution < 1.29 is 24.4 Å². The summed E-state index contributed by atoms with van der Waals surface area (Å²) in [5, 5.41) is 10.6. The Balaban J connectivity index is 3.38. The molecule has 0 fully saturated rings. The third-order valence-electron chi connectivity index (χ3n) is 1.97. The van der Waals surface area contributed by atoms with E-state index in [1.54, 1.807) is 0 Å². The number of hydrogen-bond donors (Lipinski definition) is 1. The number of hydrogen-bond acceptors (Lipinski definition) is 2. The van der Waals surface area contributed by atoms with E-state index < -0.39 is 28.7 Å². The topological polar surface area (TPSA) is 67.8 Å². The van der Waals surface area contributed by atoms with Crippen molar-refractivity contribution in [1.82, 2.24) is 0 Å². The van der Waals surface area contributed by atoms with Crippen molar-refractivity contribution in [2.24, 2.45) is 0 Å². The van der Waals surface area contributed by atoms with Crippen LogP contribution in [0.15, 0.2) is 18.2 Å². The van der Waals surface area contributed by atoms with Gasteiger partial charge in [-0.3, -0.25) is 0 Å². The lowest BCUT2D eigenvalue weighted by Gasteiger charge is -2.23. The van der Waals surface area contributed by atoms with Gasteiger partial charge in [-0.15, -0.1) is 0 Å². The van der Waals surface area contributed by atoms with Crippen molar-refractivity contribution >= 4 is 5.97 Å². The summed E-state index contributed by atoms with van der Waals surface area (Å²) in [6, 6.07) is 3.11. The van der Waals surface area contributed by atoms with E-state index in [4.69, 9.17) is 0 Å². The summed E-state index contributed by atoms with van der Waals surface area (Å²) >= 11 is 0. The number of quaternary nitrogens is 1. The second-order valence-corrected chi connectivity index (χ2v) is 3.22. The Labute approximate surface area is 79.2 Å². The number of halogens is 2. The fourth-order valence-electron chi connectivity index (χ4n) is 1.13. The summed E-state index contributed by atoms with van der Waals surface area (Å²) in [5.41, 5.74) is 0.715. The zero-order chi connectivity index (χ0) is 10.9. The molecule has 0 heterocycles. The van der Waals surface area contributed by atoms with E-state index in [-0.39, 0.29) is 0 Å². The lowest BCUT2D eigenvalue weighted by Crippen LogP contribution is -2.75. The maximum atomic E-state index is 13.1. The molecule has 0 radical (unpaired) electrons. The van der Waals surface area contributed by atoms with Gasteiger partial charge < -0.3 is 15.6 Å². The van der Waals surface area contributed by atoms with Crippen LogP contribution in [0, 0.1) is 11.6 Å². The molecule has 0 aromatic heterocycles. The zero-order valence-electron chi connectivity index (χ0n) is 7.51. The Morgan fingerprint density at radius 1 is 1.43 bits per heavy atom. The van der Waals surface area contributed by atoms with Gasteiger partial charge in [0, 0.05) is 6.92 Å². The van der Waals surface area contributed by atoms with Crippen LogP contribution in [0.5, 0.6) is 0 Å². The first-order valence-electron chi connectivity index (χ1n) is 3.88. The standard InChI is InChI=1S/C9H9F2NO2/c1-9(12,8(13)14)7-5(10)3-2-4-6(7)11/h2-4H,12H2,1H3,(H,13,14)/t9-/m1/s1. The van der Waals surface area contributed by atoms with E-state index in [2.05, 4.69) is 5.73 Å². The number of carbonyl (C=O) groups is 1. The van der Waals surface area contributed by atoms with Gasteiger partial charge in [-0.1, -0.05) is 6.07 Å². The fraction of sp³-hybridized carbons (Fsp3) is 0.222. The van der Waals surface area contributed by atoms with Crippen LogP contribution < -0.4 is 10.8 Å². The van der Waals surface area contributed by atoms with Gasteiger partial charge in [-0.2, -0.15) is 0 Å². The van der Waals surface area contributed by atoms with Crippen LogP contribution in [0.25, 0.3) is 0 Å². The average Bonchev–Trinajstić information content (AvgIpc) is 2.02. The highest BCUT2D eigenvalue weighted by Gasteiger charge is 2.33. The highest BCUT2D eigenvalue weighted by Crippen LogP contribution is 2.21. The second kappa shape index (κ2) is 3.34. The first-order valence-corrected chi connectivity index (χ1v) is 3.88. The summed E-state index contributed by atoms with van der Waals surface area (Å²) in [5.74, 6) is -3.50. The van der Waals surface area contributed by atoms with Gasteiger partial charge in [0.2, 0.25) is 0 Å². The molecule has 14 heavy (non-hydrogen) atoms. The smallest absolute Gasteiger partial charge is 0.163 e. The largest absolute Gasteiger partial charge is 0.543 e. The number of carboxylic acids is 1. The minimum Gasteiger partial charge on any atom is -0.543 e. The van der Waals surface area contributed by atoms with Gasteiger partial charge in [0.25, 0.3) is 0 Å². The molecular weight excluding hydrogens is 192 g/mol. The van der Waals surface area contributed by atoms with Crippen LogP contribution in [0.1, 0.15) is 12.5 Å². The van der Waals surface area contributed by atoms with E-state index in [0.717, 1.165) is 25.1 Å². The third-order valence-corrected chi connectivity index (χ3v) is 1.97. The highest BCUT2D eigenvalue weighted by molar-refractivity contribution is 5.76. The molecule has 1 aromatic carbocycles. The van der Waals surface area contributed by atoms with Crippen molar-refractivity contribution in [2.45, 2.75) is 12.5 Å². The number of carbonyl (C=O) groups excluding carboxylic acids is 1. The molecule has 0 amide bonds. The normalized spacial score (nSPS) is 14.9. The molecule has 1 aromatic rings. The number of aliphatic carboxylic acids is 1. The molecule has 1 atom stereocenters. The molecule has 0 bridgehead atoms. The molecule has 0 saturated carbocycles. The van der Waals surface area contributed by atoms with Crippen molar-refractivity contribution in [2.75, 3.05) is 0 Å². The molecule has 1 rings (SSSR count). The Morgan fingerprint density at radius 2 is 1.86 bits per heavy atom. The van der Waals surface area contributed by atoms with Crippen LogP contribution in [0.2, 0.25) is 0 Å². The lowest BCUT2D eigenvalue weighted by molar-refractivity contribution is -0.490. The predicted octanol–water partition coefficient (Wildman–Crippen LogP) is -0.828. The monoisotopic (exact) mass is 201 g/mol. The maximum absolute atomic E-state index is 13.1. The van der Waals surface area contributed by atoms with Gasteiger partial charge in [-0.05, 0) is 12.1 Å². The summed E-state index contributed by atoms with van der Waals surface area (Å²) in [7, 11) is 0. The van der Waals surface area contributed by atoms with Gasteiger partial charge in [0.15, 0.2) is 5.54 Å². The summed E-state index contributed by atoms with van der Waals surface area (Å²) in [4.78, 5) is 10.6. The quantitative estimate of drug-likeness (QED) is 0.678. The van der Waals surface area contributed by atoms with Crippen molar-refractivity contribution in [1.29, 1.82) is 0 Å². The Hall–Kier alpha value is -1.49. The Morgan fingerprint density at radius 3 is 2.21 bits per heavy atom. The molecule has 0 aliphatic rings. The predicted molar refractivity (Wildman–Crippen MR) is 41.6 cm³/mol. The average molecular weight is 201 g/mol. The molecule has 3 N–H and O–H groups in total. The molecule has 0 saturated heterocycles. The minimum absolute atomic E-state index is 0.583. The second-order valence-electron chi connectivity index (χ2n) is 3.22. The van der Waals surface area contributed by atoms with E-state index in [1.165, 1.54) is 0 Å². The van der Waals surface area contributed by atoms with E-state index in [1.807, 2.05) is 0 Å². The Bertz CT molecular complexity index is 357. The van der Waals surface area contributed by atoms with Crippen molar-refractivity contribution in [3.05, 3.63) is 35.4 Å². The van der Waals surface area contributed by atoms with Crippen molar-refractivity contribution in [3.63, 3.8) is 0 Å². The summed E-state index contributed by atoms with van der Waals surface area (Å²) < 4.78 is 26.3. The number of carboxylic acid groups (broad SMARTS) is 1. The van der Waals surface area contributed by atoms with Crippen LogP contribution in [0.4, 0.5) is 8.78 Å². The van der Waals surface area contributed by atoms with E-state index >= 15 is 0 Å². The van der Waals surface area contributed by atoms with E-state index in [0.29, 0.717) is 0 Å². The molecular formula is C9H9F2NO2. The molecule has 0 unspecified atom stereocenters. The van der Waals surface area contributed by atoms with Crippen LogP contribution in [0.3, 0.4) is 0 Å². The highest BCUT2D eigenvalue weighted by atomic mass is 19.1. The molecule has 3 nitrogen and oxygen atoms in total. The SMILES string of the molecule is C[C@]([NH3+])(C(=O)[O-])c1c(F)cccc1F. The van der Waals surface area contributed by atoms with Gasteiger partial charge in [-0.25, -0.2) is 8.78 Å². The first-order chi connectivity index (χ1) is 6.37. The molecule has 0 spiro atoms. The van der Waals surface area contributed by atoms with Gasteiger partial charge in [0.1, 0.15) is 17.6 Å². The molecule has 0 aliphatic heterocycles. The van der Waals surface area contributed by atoms with Crippen LogP contribution in [-0.4, -0.2) is 5.97 Å². The lowest BCUT2D eigenvalue weighted by atomic mass is 9.92. The van der Waals surface area contributed by atoms with Crippen molar-refractivity contribution in [3.8, 4) is 0 Å². The van der Waals surface area contributed by atoms with Gasteiger partial charge >= 0.3 is 0 Å². The number of rotatable bonds is 2. The minimum atomic E-state index is -1.92. The Kier molecular flexibility index (Phi) is 2.53.